The minimum absolute atomic E-state index is 0.326. The quantitative estimate of drug-likeness (QED) is 0.848. The monoisotopic (exact) mass is 275 g/mol. The van der Waals surface area contributed by atoms with Gasteiger partial charge in [-0.2, -0.15) is 0 Å². The Kier molecular flexibility index (Phi) is 3.32. The summed E-state index contributed by atoms with van der Waals surface area (Å²) in [4.78, 5) is 0. The van der Waals surface area contributed by atoms with Crippen LogP contribution in [-0.4, -0.2) is 41.8 Å². The Morgan fingerprint density at radius 1 is 1.28 bits per heavy atom. The molecule has 0 spiro atoms. The number of rotatable bonds is 4. The first kappa shape index (κ1) is 14.3. The number of sulfonamides is 1. The lowest BCUT2D eigenvalue weighted by molar-refractivity contribution is 0.107. The van der Waals surface area contributed by atoms with Crippen LogP contribution in [0.4, 0.5) is 0 Å². The minimum Gasteiger partial charge on any atom is -0.391 e. The van der Waals surface area contributed by atoms with Crippen molar-refractivity contribution in [3.05, 3.63) is 0 Å². The number of aliphatic hydroxyl groups is 1. The maximum Gasteiger partial charge on any atom is 0.222 e. The van der Waals surface area contributed by atoms with Gasteiger partial charge >= 0.3 is 0 Å². The molecule has 4 nitrogen and oxygen atoms in total. The molecule has 0 aromatic carbocycles. The number of nitrogens with zero attached hydrogens (tertiary/aromatic N) is 1. The zero-order valence-corrected chi connectivity index (χ0v) is 12.6. The molecule has 2 rings (SSSR count). The van der Waals surface area contributed by atoms with E-state index in [1.165, 1.54) is 4.31 Å². The van der Waals surface area contributed by atoms with Crippen molar-refractivity contribution < 1.29 is 13.5 Å². The molecule has 0 saturated heterocycles. The predicted octanol–water partition coefficient (Wildman–Crippen LogP) is 1.60. The summed E-state index contributed by atoms with van der Waals surface area (Å²) in [5, 5.41) is 10.4. The highest BCUT2D eigenvalue weighted by Gasteiger charge is 2.71. The Balaban J connectivity index is 2.54. The van der Waals surface area contributed by atoms with Crippen molar-refractivity contribution in [2.75, 3.05) is 13.1 Å². The molecule has 2 bridgehead atoms. The Labute approximate surface area is 110 Å². The van der Waals surface area contributed by atoms with Gasteiger partial charge in [-0.15, -0.1) is 0 Å². The minimum atomic E-state index is -3.44. The smallest absolute Gasteiger partial charge is 0.222 e. The van der Waals surface area contributed by atoms with Crippen LogP contribution in [0.3, 0.4) is 0 Å². The first-order valence-electron chi connectivity index (χ1n) is 6.93. The van der Waals surface area contributed by atoms with Crippen molar-refractivity contribution in [1.82, 2.24) is 4.31 Å². The molecular formula is C13H25NO3S. The number of hydrogen-bond donors (Lipinski definition) is 1. The van der Waals surface area contributed by atoms with Gasteiger partial charge in [0.2, 0.25) is 10.0 Å². The van der Waals surface area contributed by atoms with E-state index in [0.717, 1.165) is 6.42 Å². The molecular weight excluding hydrogens is 250 g/mol. The SMILES string of the molecule is CCN(CC)S(=O)(=O)[C@@]12CCC(C[C@@H]1O)C2(C)C. The molecule has 1 unspecified atom stereocenters. The van der Waals surface area contributed by atoms with Crippen LogP contribution in [0.5, 0.6) is 0 Å². The van der Waals surface area contributed by atoms with E-state index in [-0.39, 0.29) is 5.41 Å². The van der Waals surface area contributed by atoms with Gasteiger partial charge in [0.1, 0.15) is 4.75 Å². The standard InChI is InChI=1S/C13H25NO3S/c1-5-14(6-2)18(16,17)13-8-7-10(9-11(13)15)12(13,3)4/h10-11,15H,5-9H2,1-4H3/t10?,11-,13-/m0/s1. The third-order valence-electron chi connectivity index (χ3n) is 5.53. The molecule has 0 aromatic rings. The molecule has 2 aliphatic carbocycles. The molecule has 0 amide bonds. The molecule has 5 heteroatoms. The molecule has 18 heavy (non-hydrogen) atoms. The summed E-state index contributed by atoms with van der Waals surface area (Å²) in [7, 11) is -3.44. The zero-order chi connectivity index (χ0) is 13.8. The molecule has 1 N–H and O–H groups in total. The molecule has 2 aliphatic rings. The summed E-state index contributed by atoms with van der Waals surface area (Å²) in [5.74, 6) is 0.331. The van der Waals surface area contributed by atoms with Crippen LogP contribution in [0, 0.1) is 11.3 Å². The van der Waals surface area contributed by atoms with Crippen LogP contribution in [0.15, 0.2) is 0 Å². The van der Waals surface area contributed by atoms with Gasteiger partial charge in [0.25, 0.3) is 0 Å². The van der Waals surface area contributed by atoms with E-state index in [0.29, 0.717) is 31.8 Å². The molecule has 0 aromatic heterocycles. The summed E-state index contributed by atoms with van der Waals surface area (Å²) < 4.78 is 26.5. The van der Waals surface area contributed by atoms with E-state index in [4.69, 9.17) is 0 Å². The maximum absolute atomic E-state index is 13.0. The van der Waals surface area contributed by atoms with E-state index >= 15 is 0 Å². The van der Waals surface area contributed by atoms with Crippen LogP contribution in [0.2, 0.25) is 0 Å². The van der Waals surface area contributed by atoms with Gasteiger partial charge in [-0.1, -0.05) is 27.7 Å². The lowest BCUT2D eigenvalue weighted by Gasteiger charge is -2.42. The first-order valence-corrected chi connectivity index (χ1v) is 8.37. The Morgan fingerprint density at radius 2 is 1.83 bits per heavy atom. The van der Waals surface area contributed by atoms with Gasteiger partial charge in [0.05, 0.1) is 6.10 Å². The summed E-state index contributed by atoms with van der Waals surface area (Å²) in [6.45, 7) is 8.71. The Morgan fingerprint density at radius 3 is 2.17 bits per heavy atom. The average Bonchev–Trinajstić information content (AvgIpc) is 2.64. The van der Waals surface area contributed by atoms with Gasteiger partial charge in [-0.3, -0.25) is 0 Å². The molecule has 0 aliphatic heterocycles. The van der Waals surface area contributed by atoms with Gasteiger partial charge in [0, 0.05) is 13.1 Å². The highest BCUT2D eigenvalue weighted by Crippen LogP contribution is 2.64. The summed E-state index contributed by atoms with van der Waals surface area (Å²) in [5.41, 5.74) is -0.326. The van der Waals surface area contributed by atoms with E-state index in [1.54, 1.807) is 0 Å². The van der Waals surface area contributed by atoms with E-state index in [1.807, 2.05) is 27.7 Å². The predicted molar refractivity (Wildman–Crippen MR) is 71.7 cm³/mol. The second kappa shape index (κ2) is 4.18. The lowest BCUT2D eigenvalue weighted by atomic mass is 9.81. The van der Waals surface area contributed by atoms with Crippen LogP contribution < -0.4 is 0 Å². The topological polar surface area (TPSA) is 57.6 Å². The Bertz CT molecular complexity index is 428. The third-order valence-corrected chi connectivity index (χ3v) is 8.65. The number of aliphatic hydroxyl groups excluding tert-OH is 1. The summed E-state index contributed by atoms with van der Waals surface area (Å²) in [6.07, 6.45) is 1.44. The molecule has 3 atom stereocenters. The van der Waals surface area contributed by atoms with Crippen LogP contribution in [-0.2, 0) is 10.0 Å². The molecule has 2 fully saturated rings. The molecule has 106 valence electrons. The van der Waals surface area contributed by atoms with Crippen LogP contribution >= 0.6 is 0 Å². The average molecular weight is 275 g/mol. The first-order chi connectivity index (χ1) is 8.25. The van der Waals surface area contributed by atoms with E-state index in [2.05, 4.69) is 0 Å². The van der Waals surface area contributed by atoms with Crippen LogP contribution in [0.1, 0.15) is 47.0 Å². The fraction of sp³-hybridized carbons (Fsp3) is 1.00. The van der Waals surface area contributed by atoms with Gasteiger partial charge < -0.3 is 5.11 Å². The number of hydrogen-bond acceptors (Lipinski definition) is 3. The fourth-order valence-corrected chi connectivity index (χ4v) is 7.10. The van der Waals surface area contributed by atoms with Gasteiger partial charge in [-0.25, -0.2) is 12.7 Å². The van der Waals surface area contributed by atoms with Crippen molar-refractivity contribution in [2.45, 2.75) is 57.8 Å². The van der Waals surface area contributed by atoms with E-state index < -0.39 is 20.9 Å². The largest absolute Gasteiger partial charge is 0.391 e. The van der Waals surface area contributed by atoms with Crippen molar-refractivity contribution in [3.8, 4) is 0 Å². The zero-order valence-electron chi connectivity index (χ0n) is 11.8. The van der Waals surface area contributed by atoms with Crippen molar-refractivity contribution in [3.63, 3.8) is 0 Å². The van der Waals surface area contributed by atoms with Crippen molar-refractivity contribution in [1.29, 1.82) is 0 Å². The fourth-order valence-electron chi connectivity index (χ4n) is 4.31. The lowest BCUT2D eigenvalue weighted by Crippen LogP contribution is -2.58. The molecule has 2 saturated carbocycles. The maximum atomic E-state index is 13.0. The molecule has 0 heterocycles. The second-order valence-corrected chi connectivity index (χ2v) is 8.38. The number of fused-ring (bicyclic) bond motifs is 2. The summed E-state index contributed by atoms with van der Waals surface area (Å²) >= 11 is 0. The molecule has 0 radical (unpaired) electrons. The van der Waals surface area contributed by atoms with E-state index in [9.17, 15) is 13.5 Å². The third kappa shape index (κ3) is 1.41. The van der Waals surface area contributed by atoms with Gasteiger partial charge in [0.15, 0.2) is 0 Å². The Hall–Kier alpha value is -0.130. The highest BCUT2D eigenvalue weighted by molar-refractivity contribution is 7.90. The normalized spacial score (nSPS) is 38.6. The van der Waals surface area contributed by atoms with Gasteiger partial charge in [-0.05, 0) is 30.6 Å². The second-order valence-electron chi connectivity index (χ2n) is 6.19. The highest BCUT2D eigenvalue weighted by atomic mass is 32.2. The van der Waals surface area contributed by atoms with Crippen molar-refractivity contribution in [2.24, 2.45) is 11.3 Å². The summed E-state index contributed by atoms with van der Waals surface area (Å²) in [6, 6.07) is 0. The van der Waals surface area contributed by atoms with Crippen LogP contribution in [0.25, 0.3) is 0 Å². The van der Waals surface area contributed by atoms with Crippen molar-refractivity contribution >= 4 is 10.0 Å².